The number of ether oxygens (including phenoxy) is 2. The summed E-state index contributed by atoms with van der Waals surface area (Å²) in [5, 5.41) is 34.1. The third-order valence-corrected chi connectivity index (χ3v) is 8.20. The minimum atomic E-state index is -1.14. The molecule has 1 amide bonds. The van der Waals surface area contributed by atoms with Crippen molar-refractivity contribution >= 4 is 11.9 Å². The smallest absolute Gasteiger partial charge is 0.309 e. The van der Waals surface area contributed by atoms with Gasteiger partial charge in [-0.2, -0.15) is 0 Å². The summed E-state index contributed by atoms with van der Waals surface area (Å²) < 4.78 is 10.9. The number of allylic oxidation sites excluding steroid dienone is 3. The Labute approximate surface area is 255 Å². The number of hydrogen-bond donors (Lipinski definition) is 4. The molecule has 8 heteroatoms. The summed E-state index contributed by atoms with van der Waals surface area (Å²) >= 11 is 0. The zero-order valence-electron chi connectivity index (χ0n) is 27.1. The summed E-state index contributed by atoms with van der Waals surface area (Å²) in [5.74, 6) is -0.228. The third-order valence-electron chi connectivity index (χ3n) is 8.20. The molecule has 0 aromatic rings. The van der Waals surface area contributed by atoms with Crippen LogP contribution in [-0.4, -0.2) is 71.9 Å². The summed E-state index contributed by atoms with van der Waals surface area (Å²) in [7, 11) is 1.63. The monoisotopic (exact) mass is 595 g/mol. The standard InChI is InChI=1S/C34H61NO7/c1-6-14-32-33(39)35-23-29(36)22-31(38)30(37)20-19-28(24-41-5)18-13-17-25(2)15-11-9-7-8-10-12-16-26(3)21-27(4)34(40)42-32/h13,17-18,25-27,29-32,36-38H,6-12,14-16,19-24H2,1-5H3,(H,35,39)/b17-13+,28-18-/t25?,26-,27+,29+,30-,31+,32+/m1/s1. The molecule has 4 N–H and O–H groups in total. The van der Waals surface area contributed by atoms with E-state index in [2.05, 4.69) is 31.3 Å². The zero-order chi connectivity index (χ0) is 31.3. The lowest BCUT2D eigenvalue weighted by Gasteiger charge is -2.23. The van der Waals surface area contributed by atoms with Crippen molar-refractivity contribution in [3.8, 4) is 0 Å². The van der Waals surface area contributed by atoms with Gasteiger partial charge in [-0.1, -0.05) is 97.3 Å². The summed E-state index contributed by atoms with van der Waals surface area (Å²) in [5.41, 5.74) is 1.02. The molecule has 0 spiro atoms. The first-order valence-electron chi connectivity index (χ1n) is 16.4. The highest BCUT2D eigenvalue weighted by Crippen LogP contribution is 2.22. The molecule has 0 aliphatic carbocycles. The van der Waals surface area contributed by atoms with Crippen molar-refractivity contribution in [3.05, 3.63) is 23.8 Å². The number of methoxy groups -OCH3 is 1. The van der Waals surface area contributed by atoms with E-state index in [9.17, 15) is 24.9 Å². The van der Waals surface area contributed by atoms with Crippen LogP contribution in [0.2, 0.25) is 0 Å². The number of hydrogen-bond acceptors (Lipinski definition) is 7. The molecule has 0 fully saturated rings. The van der Waals surface area contributed by atoms with Gasteiger partial charge >= 0.3 is 5.97 Å². The zero-order valence-corrected chi connectivity index (χ0v) is 27.1. The normalized spacial score (nSPS) is 33.7. The van der Waals surface area contributed by atoms with Crippen molar-refractivity contribution in [2.75, 3.05) is 20.3 Å². The fourth-order valence-corrected chi connectivity index (χ4v) is 5.49. The first-order valence-corrected chi connectivity index (χ1v) is 16.4. The predicted molar refractivity (Wildman–Crippen MR) is 168 cm³/mol. The molecule has 0 radical (unpaired) electrons. The number of cyclic esters (lactones) is 1. The van der Waals surface area contributed by atoms with Crippen LogP contribution in [0.1, 0.15) is 118 Å². The minimum Gasteiger partial charge on any atom is -0.452 e. The Bertz CT molecular complexity index is 799. The van der Waals surface area contributed by atoms with Gasteiger partial charge < -0.3 is 30.1 Å². The molecule has 7 atom stereocenters. The summed E-state index contributed by atoms with van der Waals surface area (Å²) in [6.07, 6.45) is 14.3. The molecule has 0 aromatic carbocycles. The second-order valence-corrected chi connectivity index (χ2v) is 12.6. The number of aliphatic hydroxyl groups is 3. The molecule has 42 heavy (non-hydrogen) atoms. The number of rotatable bonds is 4. The fraction of sp³-hybridized carbons (Fsp3) is 0.824. The Hall–Kier alpha value is -1.74. The van der Waals surface area contributed by atoms with Gasteiger partial charge in [-0.15, -0.1) is 0 Å². The maximum atomic E-state index is 12.8. The molecule has 0 saturated heterocycles. The lowest BCUT2D eigenvalue weighted by Crippen LogP contribution is -2.43. The van der Waals surface area contributed by atoms with Gasteiger partial charge in [-0.05, 0) is 49.5 Å². The van der Waals surface area contributed by atoms with Gasteiger partial charge in [0, 0.05) is 20.1 Å². The summed E-state index contributed by atoms with van der Waals surface area (Å²) in [4.78, 5) is 25.6. The maximum absolute atomic E-state index is 12.8. The SMILES string of the molecule is CCC[C@@H]1OC(=O)[C@@H](C)C[C@H](C)CCCCCCCCC(C)/C=C/C=C(\COC)CC[C@@H](O)[C@@H](O)C[C@H](O)CNC1=O. The highest BCUT2D eigenvalue weighted by Gasteiger charge is 2.27. The topological polar surface area (TPSA) is 125 Å². The first-order chi connectivity index (χ1) is 20.1. The molecule has 0 saturated carbocycles. The number of esters is 1. The summed E-state index contributed by atoms with van der Waals surface area (Å²) in [6, 6.07) is 0. The van der Waals surface area contributed by atoms with Gasteiger partial charge in [0.2, 0.25) is 0 Å². The molecule has 1 aliphatic heterocycles. The van der Waals surface area contributed by atoms with Gasteiger partial charge in [-0.3, -0.25) is 9.59 Å². The highest BCUT2D eigenvalue weighted by molar-refractivity contribution is 5.84. The lowest BCUT2D eigenvalue weighted by molar-refractivity contribution is -0.160. The van der Waals surface area contributed by atoms with Crippen molar-refractivity contribution in [3.63, 3.8) is 0 Å². The van der Waals surface area contributed by atoms with Crippen LogP contribution >= 0.6 is 0 Å². The molecule has 0 bridgehead atoms. The van der Waals surface area contributed by atoms with E-state index in [1.807, 2.05) is 19.9 Å². The van der Waals surface area contributed by atoms with Crippen LogP contribution in [0.5, 0.6) is 0 Å². The predicted octanol–water partition coefficient (Wildman–Crippen LogP) is 5.63. The molecule has 1 heterocycles. The lowest BCUT2D eigenvalue weighted by atomic mass is 9.92. The average molecular weight is 596 g/mol. The van der Waals surface area contributed by atoms with Crippen LogP contribution < -0.4 is 5.32 Å². The van der Waals surface area contributed by atoms with E-state index in [0.717, 1.165) is 31.3 Å². The number of β-amino-alcohol motifs (C(OH)–C–C–N with tert-alkyl or cyclic N) is 1. The van der Waals surface area contributed by atoms with E-state index in [1.165, 1.54) is 32.1 Å². The number of carbonyl (C=O) groups excluding carboxylic acids is 2. The highest BCUT2D eigenvalue weighted by atomic mass is 16.5. The quantitative estimate of drug-likeness (QED) is 0.311. The van der Waals surface area contributed by atoms with Crippen LogP contribution in [0.25, 0.3) is 0 Å². The molecule has 1 aliphatic rings. The van der Waals surface area contributed by atoms with E-state index >= 15 is 0 Å². The summed E-state index contributed by atoms with van der Waals surface area (Å²) in [6.45, 7) is 8.52. The van der Waals surface area contributed by atoms with E-state index in [1.54, 1.807) is 7.11 Å². The molecule has 0 aromatic heterocycles. The second-order valence-electron chi connectivity index (χ2n) is 12.6. The Morgan fingerprint density at radius 3 is 2.26 bits per heavy atom. The minimum absolute atomic E-state index is 0.0880. The molecule has 8 nitrogen and oxygen atoms in total. The number of carbonyl (C=O) groups is 2. The maximum Gasteiger partial charge on any atom is 0.309 e. The second kappa shape index (κ2) is 22.8. The van der Waals surface area contributed by atoms with Crippen LogP contribution in [0.3, 0.4) is 0 Å². The third kappa shape index (κ3) is 17.4. The Morgan fingerprint density at radius 1 is 0.929 bits per heavy atom. The molecule has 244 valence electrons. The molecular formula is C34H61NO7. The van der Waals surface area contributed by atoms with E-state index in [0.29, 0.717) is 44.1 Å². The van der Waals surface area contributed by atoms with Gasteiger partial charge in [0.1, 0.15) is 0 Å². The Morgan fingerprint density at radius 2 is 1.60 bits per heavy atom. The molecule has 1 unspecified atom stereocenters. The molecular weight excluding hydrogens is 534 g/mol. The number of aliphatic hydroxyl groups excluding tert-OH is 3. The number of nitrogens with one attached hydrogen (secondary N) is 1. The van der Waals surface area contributed by atoms with E-state index in [4.69, 9.17) is 9.47 Å². The fourth-order valence-electron chi connectivity index (χ4n) is 5.49. The van der Waals surface area contributed by atoms with Crippen molar-refractivity contribution in [2.24, 2.45) is 17.8 Å². The van der Waals surface area contributed by atoms with E-state index < -0.39 is 30.3 Å². The molecule has 1 rings (SSSR count). The average Bonchev–Trinajstić information content (AvgIpc) is 2.94. The van der Waals surface area contributed by atoms with Gasteiger partial charge in [0.05, 0.1) is 30.8 Å². The van der Waals surface area contributed by atoms with Crippen molar-refractivity contribution in [2.45, 2.75) is 142 Å². The van der Waals surface area contributed by atoms with Gasteiger partial charge in [-0.25, -0.2) is 0 Å². The van der Waals surface area contributed by atoms with Crippen molar-refractivity contribution in [1.29, 1.82) is 0 Å². The Kier molecular flexibility index (Phi) is 20.7. The van der Waals surface area contributed by atoms with Crippen molar-refractivity contribution < 1.29 is 34.4 Å². The number of amides is 1. The van der Waals surface area contributed by atoms with Crippen LogP contribution in [0.4, 0.5) is 0 Å². The largest absolute Gasteiger partial charge is 0.452 e. The van der Waals surface area contributed by atoms with Crippen molar-refractivity contribution in [1.82, 2.24) is 5.32 Å². The Balaban J connectivity index is 2.86. The van der Waals surface area contributed by atoms with E-state index in [-0.39, 0.29) is 24.9 Å². The van der Waals surface area contributed by atoms with Crippen LogP contribution in [0, 0.1) is 17.8 Å². The first kappa shape index (κ1) is 38.3. The van der Waals surface area contributed by atoms with Crippen LogP contribution in [0.15, 0.2) is 23.8 Å². The van der Waals surface area contributed by atoms with Crippen LogP contribution in [-0.2, 0) is 19.1 Å². The van der Waals surface area contributed by atoms with Gasteiger partial charge in [0.25, 0.3) is 5.91 Å². The van der Waals surface area contributed by atoms with Gasteiger partial charge in [0.15, 0.2) is 6.10 Å².